The van der Waals surface area contributed by atoms with E-state index in [1.807, 2.05) is 6.92 Å². The summed E-state index contributed by atoms with van der Waals surface area (Å²) >= 11 is 5.54. The van der Waals surface area contributed by atoms with Gasteiger partial charge in [0, 0.05) is 6.54 Å². The van der Waals surface area contributed by atoms with Crippen molar-refractivity contribution in [2.24, 2.45) is 5.14 Å². The standard InChI is InChI=1S/C16H19ClN2O5S2/c1-11-2-4-13(5-3-11)25(21,22)16-7-6-14(26(18,23)24)8-15(16)19-10-12(20)9-17/h2-8,12,19-20H,9-10H2,1H3,(H2,18,23,24). The van der Waals surface area contributed by atoms with E-state index in [0.29, 0.717) is 0 Å². The number of rotatable bonds is 7. The summed E-state index contributed by atoms with van der Waals surface area (Å²) in [6.07, 6.45) is -0.940. The third kappa shape index (κ3) is 4.74. The fraction of sp³-hybridized carbons (Fsp3) is 0.250. The molecule has 1 atom stereocenters. The van der Waals surface area contributed by atoms with Crippen molar-refractivity contribution in [1.29, 1.82) is 0 Å². The van der Waals surface area contributed by atoms with Crippen LogP contribution < -0.4 is 10.5 Å². The Kier molecular flexibility index (Phi) is 6.30. The van der Waals surface area contributed by atoms with Crippen molar-refractivity contribution >= 4 is 37.1 Å². The summed E-state index contributed by atoms with van der Waals surface area (Å²) in [5.41, 5.74) is 0.915. The summed E-state index contributed by atoms with van der Waals surface area (Å²) in [4.78, 5) is -0.314. The molecule has 0 fully saturated rings. The molecular weight excluding hydrogens is 400 g/mol. The predicted molar refractivity (Wildman–Crippen MR) is 99.7 cm³/mol. The minimum absolute atomic E-state index is 0.0151. The van der Waals surface area contributed by atoms with E-state index in [4.69, 9.17) is 16.7 Å². The molecule has 26 heavy (non-hydrogen) atoms. The molecule has 10 heteroatoms. The fourth-order valence-corrected chi connectivity index (χ4v) is 4.25. The molecule has 0 aliphatic heterocycles. The molecule has 4 N–H and O–H groups in total. The van der Waals surface area contributed by atoms with Gasteiger partial charge in [0.05, 0.1) is 32.4 Å². The first-order chi connectivity index (χ1) is 12.1. The second-order valence-corrected chi connectivity index (χ2v) is 9.50. The molecule has 0 saturated heterocycles. The van der Waals surface area contributed by atoms with Crippen LogP contribution in [0.5, 0.6) is 0 Å². The average molecular weight is 419 g/mol. The first kappa shape index (κ1) is 20.7. The Labute approximate surface area is 157 Å². The third-order valence-corrected chi connectivity index (χ3v) is 6.70. The van der Waals surface area contributed by atoms with E-state index in [1.54, 1.807) is 12.1 Å². The van der Waals surface area contributed by atoms with Crippen LogP contribution in [0.1, 0.15) is 5.56 Å². The summed E-state index contributed by atoms with van der Waals surface area (Å²) in [6, 6.07) is 9.68. The molecular formula is C16H19ClN2O5S2. The van der Waals surface area contributed by atoms with Crippen LogP contribution in [0.25, 0.3) is 0 Å². The number of sulfone groups is 1. The third-order valence-electron chi connectivity index (χ3n) is 3.61. The Hall–Kier alpha value is -1.65. The summed E-state index contributed by atoms with van der Waals surface area (Å²) in [5.74, 6) is -0.0675. The van der Waals surface area contributed by atoms with Crippen molar-refractivity contribution in [1.82, 2.24) is 0 Å². The highest BCUT2D eigenvalue weighted by atomic mass is 35.5. The first-order valence-corrected chi connectivity index (χ1v) is 11.1. The van der Waals surface area contributed by atoms with Gasteiger partial charge in [-0.3, -0.25) is 0 Å². The van der Waals surface area contributed by atoms with Crippen molar-refractivity contribution in [3.05, 3.63) is 48.0 Å². The van der Waals surface area contributed by atoms with Gasteiger partial charge in [-0.2, -0.15) is 0 Å². The lowest BCUT2D eigenvalue weighted by molar-refractivity contribution is 0.211. The number of aliphatic hydroxyl groups is 1. The highest BCUT2D eigenvalue weighted by molar-refractivity contribution is 7.91. The van der Waals surface area contributed by atoms with E-state index in [-0.39, 0.29) is 32.8 Å². The van der Waals surface area contributed by atoms with E-state index in [2.05, 4.69) is 5.32 Å². The number of halogens is 1. The Bertz CT molecular complexity index is 990. The molecule has 2 rings (SSSR count). The van der Waals surface area contributed by atoms with Crippen LogP contribution in [-0.2, 0) is 19.9 Å². The molecule has 0 aliphatic rings. The topological polar surface area (TPSA) is 127 Å². The number of hydrogen-bond acceptors (Lipinski definition) is 6. The average Bonchev–Trinajstić information content (AvgIpc) is 2.58. The largest absolute Gasteiger partial charge is 0.390 e. The van der Waals surface area contributed by atoms with Crippen molar-refractivity contribution < 1.29 is 21.9 Å². The molecule has 2 aromatic rings. The second-order valence-electron chi connectivity index (χ2n) is 5.71. The number of anilines is 1. The van der Waals surface area contributed by atoms with Crippen LogP contribution in [0.4, 0.5) is 5.69 Å². The van der Waals surface area contributed by atoms with E-state index in [1.165, 1.54) is 18.2 Å². The molecule has 1 unspecified atom stereocenters. The maximum Gasteiger partial charge on any atom is 0.238 e. The van der Waals surface area contributed by atoms with Gasteiger partial charge in [-0.05, 0) is 37.3 Å². The number of alkyl halides is 1. The molecule has 0 aromatic heterocycles. The minimum Gasteiger partial charge on any atom is -0.390 e. The molecule has 0 aliphatic carbocycles. The maximum atomic E-state index is 12.9. The molecule has 142 valence electrons. The second kappa shape index (κ2) is 7.93. The monoisotopic (exact) mass is 418 g/mol. The maximum absolute atomic E-state index is 12.9. The number of aliphatic hydroxyl groups excluding tert-OH is 1. The number of benzene rings is 2. The highest BCUT2D eigenvalue weighted by Crippen LogP contribution is 2.30. The Morgan fingerprint density at radius 2 is 1.65 bits per heavy atom. The van der Waals surface area contributed by atoms with Gasteiger partial charge in [0.2, 0.25) is 19.9 Å². The zero-order chi connectivity index (χ0) is 19.5. The number of nitrogens with one attached hydrogen (secondary N) is 1. The van der Waals surface area contributed by atoms with Crippen molar-refractivity contribution in [2.75, 3.05) is 17.7 Å². The SMILES string of the molecule is Cc1ccc(S(=O)(=O)c2ccc(S(N)(=O)=O)cc2NCC(O)CCl)cc1. The first-order valence-electron chi connectivity index (χ1n) is 7.52. The van der Waals surface area contributed by atoms with Gasteiger partial charge in [-0.15, -0.1) is 11.6 Å². The Morgan fingerprint density at radius 1 is 1.08 bits per heavy atom. The summed E-state index contributed by atoms with van der Waals surface area (Å²) in [6.45, 7) is 1.77. The molecule has 0 heterocycles. The number of sulfonamides is 1. The van der Waals surface area contributed by atoms with Crippen molar-refractivity contribution in [3.63, 3.8) is 0 Å². The summed E-state index contributed by atoms with van der Waals surface area (Å²) < 4.78 is 49.0. The van der Waals surface area contributed by atoms with Gasteiger partial charge in [0.1, 0.15) is 0 Å². The smallest absolute Gasteiger partial charge is 0.238 e. The van der Waals surface area contributed by atoms with Gasteiger partial charge >= 0.3 is 0 Å². The van der Waals surface area contributed by atoms with Crippen LogP contribution in [-0.4, -0.2) is 40.5 Å². The lowest BCUT2D eigenvalue weighted by Crippen LogP contribution is -2.22. The van der Waals surface area contributed by atoms with Crippen LogP contribution >= 0.6 is 11.6 Å². The van der Waals surface area contributed by atoms with Gasteiger partial charge in [0.25, 0.3) is 0 Å². The number of aryl methyl sites for hydroxylation is 1. The van der Waals surface area contributed by atoms with Gasteiger partial charge in [-0.25, -0.2) is 22.0 Å². The van der Waals surface area contributed by atoms with Crippen LogP contribution in [0, 0.1) is 6.92 Å². The quantitative estimate of drug-likeness (QED) is 0.584. The van der Waals surface area contributed by atoms with E-state index < -0.39 is 26.0 Å². The van der Waals surface area contributed by atoms with E-state index in [0.717, 1.165) is 17.7 Å². The predicted octanol–water partition coefficient (Wildman–Crippen LogP) is 1.49. The fourth-order valence-electron chi connectivity index (χ4n) is 2.19. The molecule has 0 spiro atoms. The number of hydrogen-bond donors (Lipinski definition) is 3. The Balaban J connectivity index is 2.57. The lowest BCUT2D eigenvalue weighted by Gasteiger charge is -2.16. The minimum atomic E-state index is -4.03. The molecule has 0 radical (unpaired) electrons. The molecule has 0 amide bonds. The van der Waals surface area contributed by atoms with E-state index >= 15 is 0 Å². The van der Waals surface area contributed by atoms with Crippen LogP contribution in [0.2, 0.25) is 0 Å². The molecule has 0 bridgehead atoms. The summed E-state index contributed by atoms with van der Waals surface area (Å²) in [5, 5.41) is 17.5. The van der Waals surface area contributed by atoms with Gasteiger partial charge < -0.3 is 10.4 Å². The van der Waals surface area contributed by atoms with Crippen LogP contribution in [0.3, 0.4) is 0 Å². The van der Waals surface area contributed by atoms with Crippen molar-refractivity contribution in [3.8, 4) is 0 Å². The highest BCUT2D eigenvalue weighted by Gasteiger charge is 2.23. The van der Waals surface area contributed by atoms with Gasteiger partial charge in [0.15, 0.2) is 0 Å². The molecule has 2 aromatic carbocycles. The molecule has 0 saturated carbocycles. The van der Waals surface area contributed by atoms with E-state index in [9.17, 15) is 21.9 Å². The van der Waals surface area contributed by atoms with Crippen LogP contribution in [0.15, 0.2) is 57.2 Å². The number of primary sulfonamides is 1. The van der Waals surface area contributed by atoms with Crippen molar-refractivity contribution in [2.45, 2.75) is 27.7 Å². The van der Waals surface area contributed by atoms with Gasteiger partial charge in [-0.1, -0.05) is 17.7 Å². The normalized spacial score (nSPS) is 13.4. The zero-order valence-electron chi connectivity index (χ0n) is 13.9. The summed E-state index contributed by atoms with van der Waals surface area (Å²) in [7, 11) is -7.94. The lowest BCUT2D eigenvalue weighted by atomic mass is 10.2. The Morgan fingerprint density at radius 3 is 2.19 bits per heavy atom. The number of nitrogens with two attached hydrogens (primary N) is 1. The zero-order valence-corrected chi connectivity index (χ0v) is 16.3. The molecule has 7 nitrogen and oxygen atoms in total.